The minimum atomic E-state index is 0.127. The Morgan fingerprint density at radius 1 is 1.06 bits per heavy atom. The zero-order valence-corrected chi connectivity index (χ0v) is 11.5. The van der Waals surface area contributed by atoms with E-state index in [1.807, 2.05) is 12.1 Å². The molecule has 0 aliphatic carbocycles. The third-order valence-electron chi connectivity index (χ3n) is 3.48. The molecule has 0 amide bonds. The van der Waals surface area contributed by atoms with Gasteiger partial charge in [0.1, 0.15) is 0 Å². The molecule has 0 saturated carbocycles. The lowest BCUT2D eigenvalue weighted by Gasteiger charge is -2.36. The van der Waals surface area contributed by atoms with Gasteiger partial charge < -0.3 is 10.0 Å². The molecule has 1 aliphatic heterocycles. The summed E-state index contributed by atoms with van der Waals surface area (Å²) in [6.07, 6.45) is 0. The largest absolute Gasteiger partial charge is 0.392 e. The summed E-state index contributed by atoms with van der Waals surface area (Å²) in [6, 6.07) is 8.25. The van der Waals surface area contributed by atoms with Crippen molar-refractivity contribution in [2.24, 2.45) is 5.92 Å². The van der Waals surface area contributed by atoms with Gasteiger partial charge in [0.05, 0.1) is 6.61 Å². The van der Waals surface area contributed by atoms with Crippen LogP contribution >= 0.6 is 0 Å². The quantitative estimate of drug-likeness (QED) is 0.882. The standard InChI is InChI=1S/C15H24N2O/c1-13(2)11-16-7-9-17(10-8-16)15-5-3-14(12-18)4-6-15/h3-6,13,18H,7-12H2,1-2H3. The molecule has 0 unspecified atom stereocenters. The van der Waals surface area contributed by atoms with Gasteiger partial charge in [0.25, 0.3) is 0 Å². The van der Waals surface area contributed by atoms with Gasteiger partial charge in [0, 0.05) is 38.4 Å². The molecule has 0 radical (unpaired) electrons. The van der Waals surface area contributed by atoms with E-state index in [4.69, 9.17) is 5.11 Å². The Balaban J connectivity index is 1.88. The molecule has 0 spiro atoms. The Labute approximate surface area is 110 Å². The van der Waals surface area contributed by atoms with Crippen LogP contribution in [-0.4, -0.2) is 42.7 Å². The SMILES string of the molecule is CC(C)CN1CCN(c2ccc(CO)cc2)CC1. The molecule has 1 heterocycles. The summed E-state index contributed by atoms with van der Waals surface area (Å²) < 4.78 is 0. The number of nitrogens with zero attached hydrogens (tertiary/aromatic N) is 2. The summed E-state index contributed by atoms with van der Waals surface area (Å²) >= 11 is 0. The van der Waals surface area contributed by atoms with E-state index in [2.05, 4.69) is 35.8 Å². The first-order chi connectivity index (χ1) is 8.69. The summed E-state index contributed by atoms with van der Waals surface area (Å²) in [5.74, 6) is 0.750. The van der Waals surface area contributed by atoms with Crippen molar-refractivity contribution >= 4 is 5.69 Å². The van der Waals surface area contributed by atoms with Crippen molar-refractivity contribution in [3.8, 4) is 0 Å². The van der Waals surface area contributed by atoms with Crippen LogP contribution in [-0.2, 0) is 6.61 Å². The lowest BCUT2D eigenvalue weighted by atomic mass is 10.1. The Morgan fingerprint density at radius 3 is 2.17 bits per heavy atom. The van der Waals surface area contributed by atoms with Crippen LogP contribution in [0.15, 0.2) is 24.3 Å². The third kappa shape index (κ3) is 3.47. The lowest BCUT2D eigenvalue weighted by molar-refractivity contribution is 0.231. The summed E-state index contributed by atoms with van der Waals surface area (Å²) in [4.78, 5) is 4.97. The average molecular weight is 248 g/mol. The van der Waals surface area contributed by atoms with Gasteiger partial charge in [-0.3, -0.25) is 4.90 Å². The molecular weight excluding hydrogens is 224 g/mol. The first kappa shape index (κ1) is 13.4. The van der Waals surface area contributed by atoms with Crippen LogP contribution in [0.5, 0.6) is 0 Å². The number of rotatable bonds is 4. The summed E-state index contributed by atoms with van der Waals surface area (Å²) in [6.45, 7) is 10.4. The number of hydrogen-bond donors (Lipinski definition) is 1. The van der Waals surface area contributed by atoms with Crippen LogP contribution in [0.4, 0.5) is 5.69 Å². The van der Waals surface area contributed by atoms with Gasteiger partial charge in [-0.25, -0.2) is 0 Å². The first-order valence-electron chi connectivity index (χ1n) is 6.86. The molecule has 0 atom stereocenters. The third-order valence-corrected chi connectivity index (χ3v) is 3.48. The van der Waals surface area contributed by atoms with Crippen LogP contribution in [0.2, 0.25) is 0 Å². The number of anilines is 1. The van der Waals surface area contributed by atoms with Crippen LogP contribution in [0.3, 0.4) is 0 Å². The molecule has 1 aromatic rings. The van der Waals surface area contributed by atoms with Crippen molar-refractivity contribution in [3.05, 3.63) is 29.8 Å². The highest BCUT2D eigenvalue weighted by Gasteiger charge is 2.17. The summed E-state index contributed by atoms with van der Waals surface area (Å²) in [5, 5.41) is 9.04. The van der Waals surface area contributed by atoms with Gasteiger partial charge in [-0.2, -0.15) is 0 Å². The fourth-order valence-corrected chi connectivity index (χ4v) is 2.52. The Bertz CT molecular complexity index is 353. The Hall–Kier alpha value is -1.06. The first-order valence-corrected chi connectivity index (χ1v) is 6.86. The molecular formula is C15H24N2O. The van der Waals surface area contributed by atoms with Crippen molar-refractivity contribution in [3.63, 3.8) is 0 Å². The maximum atomic E-state index is 9.04. The van der Waals surface area contributed by atoms with Crippen LogP contribution in [0.1, 0.15) is 19.4 Å². The van der Waals surface area contributed by atoms with E-state index in [-0.39, 0.29) is 6.61 Å². The maximum Gasteiger partial charge on any atom is 0.0681 e. The molecule has 2 rings (SSSR count). The highest BCUT2D eigenvalue weighted by atomic mass is 16.3. The van der Waals surface area contributed by atoms with Crippen molar-refractivity contribution in [1.82, 2.24) is 4.90 Å². The second-order valence-electron chi connectivity index (χ2n) is 5.51. The number of piperazine rings is 1. The van der Waals surface area contributed by atoms with Crippen LogP contribution < -0.4 is 4.90 Å². The minimum absolute atomic E-state index is 0.127. The predicted octanol–water partition coefficient (Wildman–Crippen LogP) is 1.96. The molecule has 1 aliphatic rings. The highest BCUT2D eigenvalue weighted by molar-refractivity contribution is 5.48. The molecule has 1 saturated heterocycles. The lowest BCUT2D eigenvalue weighted by Crippen LogP contribution is -2.47. The zero-order valence-electron chi connectivity index (χ0n) is 11.5. The van der Waals surface area contributed by atoms with Crippen molar-refractivity contribution in [2.45, 2.75) is 20.5 Å². The number of aliphatic hydroxyl groups excluding tert-OH is 1. The molecule has 3 nitrogen and oxygen atoms in total. The van der Waals surface area contributed by atoms with Gasteiger partial charge in [0.2, 0.25) is 0 Å². The molecule has 3 heteroatoms. The fourth-order valence-electron chi connectivity index (χ4n) is 2.52. The van der Waals surface area contributed by atoms with Gasteiger partial charge >= 0.3 is 0 Å². The minimum Gasteiger partial charge on any atom is -0.392 e. The smallest absolute Gasteiger partial charge is 0.0681 e. The molecule has 18 heavy (non-hydrogen) atoms. The molecule has 1 fully saturated rings. The van der Waals surface area contributed by atoms with E-state index in [0.717, 1.165) is 37.7 Å². The van der Waals surface area contributed by atoms with E-state index in [1.54, 1.807) is 0 Å². The topological polar surface area (TPSA) is 26.7 Å². The molecule has 1 aromatic carbocycles. The van der Waals surface area contributed by atoms with E-state index in [0.29, 0.717) is 0 Å². The van der Waals surface area contributed by atoms with Gasteiger partial charge in [-0.05, 0) is 23.6 Å². The van der Waals surface area contributed by atoms with Crippen LogP contribution in [0.25, 0.3) is 0 Å². The van der Waals surface area contributed by atoms with Gasteiger partial charge in [-0.1, -0.05) is 26.0 Å². The maximum absolute atomic E-state index is 9.04. The normalized spacial score (nSPS) is 17.4. The summed E-state index contributed by atoms with van der Waals surface area (Å²) in [5.41, 5.74) is 2.26. The van der Waals surface area contributed by atoms with E-state index >= 15 is 0 Å². The zero-order chi connectivity index (χ0) is 13.0. The summed E-state index contributed by atoms with van der Waals surface area (Å²) in [7, 11) is 0. The monoisotopic (exact) mass is 248 g/mol. The van der Waals surface area contributed by atoms with Crippen molar-refractivity contribution in [2.75, 3.05) is 37.6 Å². The number of aliphatic hydroxyl groups is 1. The average Bonchev–Trinajstić information content (AvgIpc) is 2.39. The molecule has 100 valence electrons. The van der Waals surface area contributed by atoms with E-state index in [1.165, 1.54) is 12.2 Å². The van der Waals surface area contributed by atoms with E-state index < -0.39 is 0 Å². The fraction of sp³-hybridized carbons (Fsp3) is 0.600. The second-order valence-corrected chi connectivity index (χ2v) is 5.51. The second kappa shape index (κ2) is 6.21. The van der Waals surface area contributed by atoms with Crippen molar-refractivity contribution < 1.29 is 5.11 Å². The van der Waals surface area contributed by atoms with Crippen LogP contribution in [0, 0.1) is 5.92 Å². The van der Waals surface area contributed by atoms with Gasteiger partial charge in [-0.15, -0.1) is 0 Å². The molecule has 1 N–H and O–H groups in total. The Kier molecular flexibility index (Phi) is 4.61. The molecule has 0 bridgehead atoms. The van der Waals surface area contributed by atoms with Crippen molar-refractivity contribution in [1.29, 1.82) is 0 Å². The Morgan fingerprint density at radius 2 is 1.67 bits per heavy atom. The number of benzene rings is 1. The highest BCUT2D eigenvalue weighted by Crippen LogP contribution is 2.17. The van der Waals surface area contributed by atoms with E-state index in [9.17, 15) is 0 Å². The number of hydrogen-bond acceptors (Lipinski definition) is 3. The molecule has 0 aromatic heterocycles. The predicted molar refractivity (Wildman–Crippen MR) is 75.9 cm³/mol. The van der Waals surface area contributed by atoms with Gasteiger partial charge in [0.15, 0.2) is 0 Å².